The van der Waals surface area contributed by atoms with Gasteiger partial charge in [-0.25, -0.2) is 9.67 Å². The lowest BCUT2D eigenvalue weighted by atomic mass is 9.91. The van der Waals surface area contributed by atoms with Crippen molar-refractivity contribution < 1.29 is 4.74 Å². The van der Waals surface area contributed by atoms with Crippen molar-refractivity contribution in [2.24, 2.45) is 5.41 Å². The van der Waals surface area contributed by atoms with Gasteiger partial charge in [0.05, 0.1) is 12.8 Å². The van der Waals surface area contributed by atoms with Gasteiger partial charge in [-0.1, -0.05) is 44.5 Å². The van der Waals surface area contributed by atoms with Crippen molar-refractivity contribution in [3.05, 3.63) is 53.3 Å². The Kier molecular flexibility index (Phi) is 4.68. The largest absolute Gasteiger partial charge is 0.499 e. The third-order valence-corrected chi connectivity index (χ3v) is 3.38. The molecule has 0 bridgehead atoms. The van der Waals surface area contributed by atoms with Crippen molar-refractivity contribution in [3.63, 3.8) is 0 Å². The highest BCUT2D eigenvalue weighted by Gasteiger charge is 2.24. The normalized spacial score (nSPS) is 13.0. The fraction of sp³-hybridized carbons (Fsp3) is 0.375. The van der Waals surface area contributed by atoms with E-state index in [2.05, 4.69) is 30.9 Å². The molecule has 0 saturated carbocycles. The van der Waals surface area contributed by atoms with Gasteiger partial charge in [-0.05, 0) is 17.7 Å². The van der Waals surface area contributed by atoms with Gasteiger partial charge in [0.15, 0.2) is 0 Å². The maximum atomic E-state index is 5.95. The maximum absolute atomic E-state index is 5.95. The Morgan fingerprint density at radius 2 is 1.90 bits per heavy atom. The number of nitrogens with zero attached hydrogens (tertiary/aromatic N) is 3. The molecule has 2 rings (SSSR count). The summed E-state index contributed by atoms with van der Waals surface area (Å²) in [4.78, 5) is 4.04. The van der Waals surface area contributed by atoms with Crippen LogP contribution in [-0.2, 0) is 11.2 Å². The lowest BCUT2D eigenvalue weighted by Gasteiger charge is -2.25. The van der Waals surface area contributed by atoms with Crippen LogP contribution in [-0.4, -0.2) is 21.9 Å². The summed E-state index contributed by atoms with van der Waals surface area (Å²) < 4.78 is 7.42. The molecular weight excluding hydrogens is 286 g/mol. The number of methoxy groups -OCH3 is 1. The summed E-state index contributed by atoms with van der Waals surface area (Å²) in [6.45, 7) is 6.35. The molecule has 4 nitrogen and oxygen atoms in total. The van der Waals surface area contributed by atoms with E-state index in [0.29, 0.717) is 6.42 Å². The lowest BCUT2D eigenvalue weighted by Crippen LogP contribution is -2.17. The van der Waals surface area contributed by atoms with Crippen LogP contribution in [0.5, 0.6) is 0 Å². The van der Waals surface area contributed by atoms with E-state index < -0.39 is 0 Å². The van der Waals surface area contributed by atoms with Crippen LogP contribution in [0.2, 0.25) is 5.02 Å². The zero-order valence-electron chi connectivity index (χ0n) is 12.8. The third kappa shape index (κ3) is 3.85. The summed E-state index contributed by atoms with van der Waals surface area (Å²) in [6.07, 6.45) is 3.91. The van der Waals surface area contributed by atoms with Crippen molar-refractivity contribution in [3.8, 4) is 0 Å². The Hall–Kier alpha value is -1.81. The number of rotatable bonds is 4. The average Bonchev–Trinajstić information content (AvgIpc) is 2.93. The Morgan fingerprint density at radius 1 is 1.24 bits per heavy atom. The van der Waals surface area contributed by atoms with Crippen molar-refractivity contribution >= 4 is 17.3 Å². The van der Waals surface area contributed by atoms with E-state index in [9.17, 15) is 0 Å². The summed E-state index contributed by atoms with van der Waals surface area (Å²) in [6, 6.07) is 7.79. The topological polar surface area (TPSA) is 39.9 Å². The van der Waals surface area contributed by atoms with Crippen LogP contribution in [0.1, 0.15) is 26.3 Å². The van der Waals surface area contributed by atoms with Gasteiger partial charge >= 0.3 is 0 Å². The quantitative estimate of drug-likeness (QED) is 0.801. The number of benzene rings is 1. The highest BCUT2D eigenvalue weighted by Crippen LogP contribution is 2.31. The number of halogens is 1. The Bertz CT molecular complexity index is 610. The summed E-state index contributed by atoms with van der Waals surface area (Å²) in [7, 11) is 1.69. The van der Waals surface area contributed by atoms with Gasteiger partial charge in [-0.2, -0.15) is 5.10 Å². The summed E-state index contributed by atoms with van der Waals surface area (Å²) in [5, 5.41) is 4.98. The van der Waals surface area contributed by atoms with Crippen LogP contribution in [0.4, 0.5) is 0 Å². The second-order valence-corrected chi connectivity index (χ2v) is 6.31. The molecule has 0 radical (unpaired) electrons. The van der Waals surface area contributed by atoms with Gasteiger partial charge in [0.25, 0.3) is 0 Å². The molecule has 2 aromatic rings. The molecule has 0 aliphatic heterocycles. The first-order valence-electron chi connectivity index (χ1n) is 6.79. The molecule has 0 fully saturated rings. The van der Waals surface area contributed by atoms with Crippen molar-refractivity contribution in [1.82, 2.24) is 14.8 Å². The van der Waals surface area contributed by atoms with Gasteiger partial charge in [0.2, 0.25) is 0 Å². The van der Waals surface area contributed by atoms with E-state index in [0.717, 1.165) is 22.0 Å². The minimum Gasteiger partial charge on any atom is -0.499 e. The minimum absolute atomic E-state index is 0.123. The van der Waals surface area contributed by atoms with Crippen molar-refractivity contribution in [1.29, 1.82) is 0 Å². The van der Waals surface area contributed by atoms with E-state index in [1.165, 1.54) is 6.33 Å². The Morgan fingerprint density at radius 3 is 2.38 bits per heavy atom. The van der Waals surface area contributed by atoms with Gasteiger partial charge in [0, 0.05) is 16.9 Å². The number of hydrogen-bond acceptors (Lipinski definition) is 3. The second-order valence-electron chi connectivity index (χ2n) is 5.87. The lowest BCUT2D eigenvalue weighted by molar-refractivity contribution is 0.206. The van der Waals surface area contributed by atoms with Crippen LogP contribution in [0.3, 0.4) is 0 Å². The van der Waals surface area contributed by atoms with Crippen LogP contribution >= 0.6 is 11.6 Å². The maximum Gasteiger partial charge on any atom is 0.138 e. The fourth-order valence-electron chi connectivity index (χ4n) is 2.27. The number of hydrogen-bond donors (Lipinski definition) is 0. The van der Waals surface area contributed by atoms with Crippen molar-refractivity contribution in [2.75, 3.05) is 7.11 Å². The van der Waals surface area contributed by atoms with E-state index in [1.807, 2.05) is 24.3 Å². The molecule has 0 aliphatic rings. The molecule has 0 atom stereocenters. The second kappa shape index (κ2) is 6.31. The summed E-state index contributed by atoms with van der Waals surface area (Å²) in [5.41, 5.74) is 2.00. The molecule has 0 unspecified atom stereocenters. The van der Waals surface area contributed by atoms with E-state index >= 15 is 0 Å². The molecule has 0 spiro atoms. The smallest absolute Gasteiger partial charge is 0.138 e. The molecule has 0 N–H and O–H groups in total. The first-order chi connectivity index (χ1) is 9.91. The monoisotopic (exact) mass is 305 g/mol. The molecule has 5 heteroatoms. The highest BCUT2D eigenvalue weighted by atomic mass is 35.5. The molecule has 0 aliphatic carbocycles. The Balaban J connectivity index is 2.47. The van der Waals surface area contributed by atoms with Crippen LogP contribution in [0, 0.1) is 5.41 Å². The van der Waals surface area contributed by atoms with Gasteiger partial charge < -0.3 is 4.74 Å². The van der Waals surface area contributed by atoms with Crippen LogP contribution in [0.15, 0.2) is 42.7 Å². The number of allylic oxidation sites excluding steroid dienone is 2. The van der Waals surface area contributed by atoms with Crippen molar-refractivity contribution in [2.45, 2.75) is 27.2 Å². The first-order valence-corrected chi connectivity index (χ1v) is 7.16. The highest BCUT2D eigenvalue weighted by molar-refractivity contribution is 6.30. The number of aromatic nitrogens is 3. The minimum atomic E-state index is -0.123. The molecular formula is C16H20ClN3O. The molecule has 0 saturated heterocycles. The SMILES string of the molecule is COC(=C(Cc1ccc(Cl)cc1)n1cncn1)C(C)(C)C. The number of ether oxygens (including phenoxy) is 1. The zero-order valence-corrected chi connectivity index (χ0v) is 13.6. The molecule has 1 aromatic heterocycles. The molecule has 1 heterocycles. The molecule has 0 amide bonds. The summed E-state index contributed by atoms with van der Waals surface area (Å²) in [5.74, 6) is 0.892. The zero-order chi connectivity index (χ0) is 15.5. The third-order valence-electron chi connectivity index (χ3n) is 3.13. The van der Waals surface area contributed by atoms with E-state index in [4.69, 9.17) is 16.3 Å². The van der Waals surface area contributed by atoms with Gasteiger partial charge in [-0.3, -0.25) is 0 Å². The predicted molar refractivity (Wildman–Crippen MR) is 84.9 cm³/mol. The van der Waals surface area contributed by atoms with E-state index in [-0.39, 0.29) is 5.41 Å². The Labute approximate surface area is 130 Å². The summed E-state index contributed by atoms with van der Waals surface area (Å²) >= 11 is 5.95. The molecule has 112 valence electrons. The fourth-order valence-corrected chi connectivity index (χ4v) is 2.39. The van der Waals surface area contributed by atoms with Crippen LogP contribution in [0.25, 0.3) is 5.70 Å². The molecule has 1 aromatic carbocycles. The van der Waals surface area contributed by atoms with Crippen LogP contribution < -0.4 is 0 Å². The standard InChI is InChI=1S/C16H20ClN3O/c1-16(2,3)15(21-4)14(20-11-18-10-19-20)9-12-5-7-13(17)8-6-12/h5-8,10-11H,9H2,1-4H3. The predicted octanol–water partition coefficient (Wildman–Crippen LogP) is 4.04. The van der Waals surface area contributed by atoms with Gasteiger partial charge in [0.1, 0.15) is 18.4 Å². The van der Waals surface area contributed by atoms with E-state index in [1.54, 1.807) is 18.1 Å². The first kappa shape index (κ1) is 15.6. The molecule has 21 heavy (non-hydrogen) atoms. The average molecular weight is 306 g/mol. The van der Waals surface area contributed by atoms with Gasteiger partial charge in [-0.15, -0.1) is 0 Å².